The molecule has 0 spiro atoms. The molecule has 6 nitrogen and oxygen atoms in total. The van der Waals surface area contributed by atoms with Crippen LogP contribution in [0, 0.1) is 12.8 Å². The molecule has 0 radical (unpaired) electrons. The molecule has 1 aromatic heterocycles. The fraction of sp³-hybridized carbons (Fsp3) is 0.583. The van der Waals surface area contributed by atoms with Crippen molar-refractivity contribution in [2.75, 3.05) is 4.90 Å². The molecular weight excluding hydrogens is 232 g/mol. The quantitative estimate of drug-likeness (QED) is 0.810. The van der Waals surface area contributed by atoms with Crippen molar-refractivity contribution in [2.24, 2.45) is 13.0 Å². The number of carbonyl (C=O) groups excluding carboxylic acids is 2. The van der Waals surface area contributed by atoms with Gasteiger partial charge in [0.1, 0.15) is 6.04 Å². The molecule has 1 aromatic rings. The Hall–Kier alpha value is -1.85. The van der Waals surface area contributed by atoms with Crippen LogP contribution in [0.2, 0.25) is 0 Å². The maximum absolute atomic E-state index is 12.2. The van der Waals surface area contributed by atoms with Crippen molar-refractivity contribution in [2.45, 2.75) is 32.2 Å². The average molecular weight is 248 g/mol. The number of imide groups is 1. The van der Waals surface area contributed by atoms with Crippen molar-refractivity contribution in [3.05, 3.63) is 11.9 Å². The molecule has 1 aliphatic heterocycles. The van der Waals surface area contributed by atoms with Gasteiger partial charge in [0.2, 0.25) is 0 Å². The average Bonchev–Trinajstić information content (AvgIpc) is 2.98. The number of aromatic nitrogens is 2. The second kappa shape index (κ2) is 3.83. The monoisotopic (exact) mass is 248 g/mol. The fourth-order valence-electron chi connectivity index (χ4n) is 2.41. The number of amides is 3. The van der Waals surface area contributed by atoms with Crippen LogP contribution in [0.25, 0.3) is 0 Å². The van der Waals surface area contributed by atoms with E-state index in [0.717, 1.165) is 6.42 Å². The summed E-state index contributed by atoms with van der Waals surface area (Å²) in [6, 6.07) is -0.689. The number of anilines is 1. The van der Waals surface area contributed by atoms with Gasteiger partial charge in [-0.05, 0) is 19.3 Å². The Labute approximate surface area is 105 Å². The topological polar surface area (TPSA) is 67.2 Å². The Morgan fingerprint density at radius 2 is 2.17 bits per heavy atom. The van der Waals surface area contributed by atoms with Crippen LogP contribution < -0.4 is 10.2 Å². The molecule has 1 unspecified atom stereocenters. The van der Waals surface area contributed by atoms with E-state index < -0.39 is 0 Å². The van der Waals surface area contributed by atoms with Gasteiger partial charge >= 0.3 is 6.03 Å². The van der Waals surface area contributed by atoms with E-state index in [1.54, 1.807) is 24.9 Å². The van der Waals surface area contributed by atoms with Crippen molar-refractivity contribution < 1.29 is 9.59 Å². The molecular formula is C12H16N4O2. The van der Waals surface area contributed by atoms with E-state index in [-0.39, 0.29) is 18.0 Å². The highest BCUT2D eigenvalue weighted by Gasteiger charge is 2.42. The van der Waals surface area contributed by atoms with Gasteiger partial charge in [-0.15, -0.1) is 0 Å². The summed E-state index contributed by atoms with van der Waals surface area (Å²) in [5.74, 6) is 0.456. The fourth-order valence-corrected chi connectivity index (χ4v) is 2.41. The third kappa shape index (κ3) is 1.77. The van der Waals surface area contributed by atoms with E-state index in [1.165, 1.54) is 17.7 Å². The van der Waals surface area contributed by atoms with Crippen LogP contribution in [0.1, 0.15) is 25.0 Å². The summed E-state index contributed by atoms with van der Waals surface area (Å²) in [7, 11) is 1.77. The minimum Gasteiger partial charge on any atom is -0.325 e. The molecule has 6 heteroatoms. The summed E-state index contributed by atoms with van der Waals surface area (Å²) >= 11 is 0. The number of hydrogen-bond acceptors (Lipinski definition) is 3. The Balaban J connectivity index is 1.85. The predicted molar refractivity (Wildman–Crippen MR) is 65.1 cm³/mol. The first-order valence-electron chi connectivity index (χ1n) is 6.21. The second-order valence-corrected chi connectivity index (χ2v) is 5.13. The van der Waals surface area contributed by atoms with E-state index in [1.807, 2.05) is 0 Å². The first kappa shape index (κ1) is 11.3. The first-order valence-corrected chi connectivity index (χ1v) is 6.21. The van der Waals surface area contributed by atoms with Gasteiger partial charge in [-0.25, -0.2) is 9.69 Å². The van der Waals surface area contributed by atoms with E-state index >= 15 is 0 Å². The molecule has 0 aromatic carbocycles. The van der Waals surface area contributed by atoms with Gasteiger partial charge in [0, 0.05) is 13.2 Å². The van der Waals surface area contributed by atoms with Crippen molar-refractivity contribution in [3.63, 3.8) is 0 Å². The lowest BCUT2D eigenvalue weighted by Crippen LogP contribution is -2.31. The Morgan fingerprint density at radius 1 is 1.44 bits per heavy atom. The zero-order valence-electron chi connectivity index (χ0n) is 10.5. The molecule has 0 bridgehead atoms. The van der Waals surface area contributed by atoms with Crippen LogP contribution in [0.4, 0.5) is 10.5 Å². The molecule has 1 N–H and O–H groups in total. The van der Waals surface area contributed by atoms with Gasteiger partial charge in [-0.2, -0.15) is 5.10 Å². The van der Waals surface area contributed by atoms with Crippen LogP contribution in [-0.4, -0.2) is 27.8 Å². The predicted octanol–water partition coefficient (Wildman–Crippen LogP) is 0.953. The van der Waals surface area contributed by atoms with Crippen molar-refractivity contribution in [3.8, 4) is 0 Å². The highest BCUT2D eigenvalue weighted by atomic mass is 16.2. The molecule has 18 heavy (non-hydrogen) atoms. The summed E-state index contributed by atoms with van der Waals surface area (Å²) in [6.07, 6.45) is 4.81. The van der Waals surface area contributed by atoms with Crippen molar-refractivity contribution in [1.82, 2.24) is 15.1 Å². The zero-order valence-corrected chi connectivity index (χ0v) is 10.5. The SMILES string of the molecule is Cc1nn(C)cc1N1C(=O)NC(CC2CC2)C1=O. The van der Waals surface area contributed by atoms with E-state index in [9.17, 15) is 9.59 Å². The van der Waals surface area contributed by atoms with E-state index in [0.29, 0.717) is 17.3 Å². The van der Waals surface area contributed by atoms with Crippen LogP contribution in [0.5, 0.6) is 0 Å². The lowest BCUT2D eigenvalue weighted by Gasteiger charge is -2.11. The molecule has 1 saturated heterocycles. The lowest BCUT2D eigenvalue weighted by atomic mass is 10.1. The summed E-state index contributed by atoms with van der Waals surface area (Å²) in [5, 5.41) is 6.93. The highest BCUT2D eigenvalue weighted by molar-refractivity contribution is 6.21. The summed E-state index contributed by atoms with van der Waals surface area (Å²) in [6.45, 7) is 1.80. The number of carbonyl (C=O) groups is 2. The molecule has 2 aliphatic rings. The number of nitrogens with one attached hydrogen (secondary N) is 1. The Bertz CT molecular complexity index is 518. The van der Waals surface area contributed by atoms with Crippen LogP contribution in [0.3, 0.4) is 0 Å². The van der Waals surface area contributed by atoms with Crippen LogP contribution >= 0.6 is 0 Å². The molecule has 2 fully saturated rings. The molecule has 96 valence electrons. The Morgan fingerprint density at radius 3 is 2.72 bits per heavy atom. The summed E-state index contributed by atoms with van der Waals surface area (Å²) in [5.41, 5.74) is 1.27. The smallest absolute Gasteiger partial charge is 0.325 e. The highest BCUT2D eigenvalue weighted by Crippen LogP contribution is 2.35. The lowest BCUT2D eigenvalue weighted by molar-refractivity contribution is -0.118. The maximum Gasteiger partial charge on any atom is 0.329 e. The zero-order chi connectivity index (χ0) is 12.9. The van der Waals surface area contributed by atoms with Crippen LogP contribution in [-0.2, 0) is 11.8 Å². The first-order chi connectivity index (χ1) is 8.56. The number of aryl methyl sites for hydroxylation is 2. The van der Waals surface area contributed by atoms with E-state index in [4.69, 9.17) is 0 Å². The number of urea groups is 1. The Kier molecular flexibility index (Phi) is 2.39. The van der Waals surface area contributed by atoms with E-state index in [2.05, 4.69) is 10.4 Å². The normalized spacial score (nSPS) is 23.7. The minimum atomic E-state index is -0.357. The van der Waals surface area contributed by atoms with Crippen LogP contribution in [0.15, 0.2) is 6.20 Å². The minimum absolute atomic E-state index is 0.150. The number of rotatable bonds is 3. The third-order valence-corrected chi connectivity index (χ3v) is 3.51. The largest absolute Gasteiger partial charge is 0.329 e. The third-order valence-electron chi connectivity index (χ3n) is 3.51. The van der Waals surface area contributed by atoms with Gasteiger partial charge in [-0.3, -0.25) is 9.48 Å². The van der Waals surface area contributed by atoms with Crippen molar-refractivity contribution >= 4 is 17.6 Å². The van der Waals surface area contributed by atoms with Gasteiger partial charge in [0.05, 0.1) is 11.4 Å². The van der Waals surface area contributed by atoms with Gasteiger partial charge in [0.15, 0.2) is 0 Å². The standard InChI is InChI=1S/C12H16N4O2/c1-7-10(6-15(2)14-7)16-11(17)9(13-12(16)18)5-8-3-4-8/h6,8-9H,3-5H2,1-2H3,(H,13,18). The molecule has 1 saturated carbocycles. The van der Waals surface area contributed by atoms with Gasteiger partial charge in [-0.1, -0.05) is 12.8 Å². The molecule has 1 aliphatic carbocycles. The molecule has 1 atom stereocenters. The molecule has 3 amide bonds. The molecule has 3 rings (SSSR count). The summed E-state index contributed by atoms with van der Waals surface area (Å²) < 4.78 is 1.61. The second-order valence-electron chi connectivity index (χ2n) is 5.13. The number of nitrogens with zero attached hydrogens (tertiary/aromatic N) is 3. The van der Waals surface area contributed by atoms with Crippen molar-refractivity contribution in [1.29, 1.82) is 0 Å². The maximum atomic E-state index is 12.2. The van der Waals surface area contributed by atoms with Gasteiger partial charge < -0.3 is 5.32 Å². The number of hydrogen-bond donors (Lipinski definition) is 1. The van der Waals surface area contributed by atoms with Gasteiger partial charge in [0.25, 0.3) is 5.91 Å². The summed E-state index contributed by atoms with van der Waals surface area (Å²) in [4.78, 5) is 25.4. The molecule has 2 heterocycles.